The van der Waals surface area contributed by atoms with E-state index in [1.54, 1.807) is 6.07 Å². The van der Waals surface area contributed by atoms with Crippen LogP contribution in [0.25, 0.3) is 0 Å². The molecule has 94 valence electrons. The van der Waals surface area contributed by atoms with E-state index in [0.29, 0.717) is 16.5 Å². The summed E-state index contributed by atoms with van der Waals surface area (Å²) in [5.41, 5.74) is 8.20. The predicted octanol–water partition coefficient (Wildman–Crippen LogP) is 4.30. The van der Waals surface area contributed by atoms with Crippen LogP contribution in [0.3, 0.4) is 0 Å². The van der Waals surface area contributed by atoms with Gasteiger partial charge in [-0.15, -0.1) is 0 Å². The van der Waals surface area contributed by atoms with E-state index in [-0.39, 0.29) is 0 Å². The number of rotatable bonds is 2. The normalized spacial score (nSPS) is 20.2. The fourth-order valence-corrected chi connectivity index (χ4v) is 2.61. The van der Waals surface area contributed by atoms with E-state index in [9.17, 15) is 0 Å². The Hall–Kier alpha value is -0.890. The van der Waals surface area contributed by atoms with Gasteiger partial charge in [0.25, 0.3) is 0 Å². The first-order chi connectivity index (χ1) is 7.96. The maximum atomic E-state index is 5.94. The highest BCUT2D eigenvalue weighted by Crippen LogP contribution is 2.36. The summed E-state index contributed by atoms with van der Waals surface area (Å²) in [4.78, 5) is 0. The molecule has 3 heteroatoms. The highest BCUT2D eigenvalue weighted by molar-refractivity contribution is 6.31. The molecule has 1 aliphatic rings. The van der Waals surface area contributed by atoms with E-state index in [1.165, 1.54) is 25.7 Å². The second-order valence-electron chi connectivity index (χ2n) is 5.81. The Morgan fingerprint density at radius 3 is 2.53 bits per heavy atom. The minimum absolute atomic E-state index is 0.504. The Morgan fingerprint density at radius 1 is 1.29 bits per heavy atom. The summed E-state index contributed by atoms with van der Waals surface area (Å²) in [6.45, 7) is 4.69. The first-order valence-corrected chi connectivity index (χ1v) is 6.66. The Labute approximate surface area is 109 Å². The largest absolute Gasteiger partial charge is 0.397 e. The molecule has 3 N–H and O–H groups in total. The Bertz CT molecular complexity index is 391. The van der Waals surface area contributed by atoms with Gasteiger partial charge >= 0.3 is 0 Å². The second kappa shape index (κ2) is 4.77. The molecule has 1 fully saturated rings. The van der Waals surface area contributed by atoms with Gasteiger partial charge in [-0.25, -0.2) is 0 Å². The molecule has 1 aromatic rings. The second-order valence-corrected chi connectivity index (χ2v) is 6.25. The molecule has 17 heavy (non-hydrogen) atoms. The number of anilines is 2. The molecule has 0 saturated heterocycles. The molecule has 1 aromatic carbocycles. The fourth-order valence-electron chi connectivity index (χ4n) is 2.43. The van der Waals surface area contributed by atoms with Crippen LogP contribution >= 0.6 is 11.6 Å². The van der Waals surface area contributed by atoms with Gasteiger partial charge in [0.15, 0.2) is 0 Å². The predicted molar refractivity (Wildman–Crippen MR) is 75.5 cm³/mol. The maximum Gasteiger partial charge on any atom is 0.0577 e. The molecule has 2 rings (SSSR count). The smallest absolute Gasteiger partial charge is 0.0577 e. The van der Waals surface area contributed by atoms with Gasteiger partial charge in [-0.1, -0.05) is 25.4 Å². The Balaban J connectivity index is 1.98. The number of halogens is 1. The third kappa shape index (κ3) is 3.29. The van der Waals surface area contributed by atoms with Crippen molar-refractivity contribution in [2.45, 2.75) is 45.6 Å². The van der Waals surface area contributed by atoms with Gasteiger partial charge < -0.3 is 11.1 Å². The van der Waals surface area contributed by atoms with Crippen LogP contribution in [0.1, 0.15) is 39.5 Å². The van der Waals surface area contributed by atoms with Gasteiger partial charge in [-0.2, -0.15) is 0 Å². The van der Waals surface area contributed by atoms with Gasteiger partial charge in [0.1, 0.15) is 0 Å². The van der Waals surface area contributed by atoms with Crippen LogP contribution in [0.4, 0.5) is 11.4 Å². The first kappa shape index (κ1) is 12.6. The molecule has 0 radical (unpaired) electrons. The third-order valence-corrected chi connectivity index (χ3v) is 3.95. The van der Waals surface area contributed by atoms with Crippen molar-refractivity contribution >= 4 is 23.0 Å². The SMILES string of the molecule is CC1(C)CCC(Nc2ccc(Cl)cc2N)CC1. The van der Waals surface area contributed by atoms with E-state index in [4.69, 9.17) is 17.3 Å². The van der Waals surface area contributed by atoms with Crippen molar-refractivity contribution < 1.29 is 0 Å². The lowest BCUT2D eigenvalue weighted by atomic mass is 9.75. The van der Waals surface area contributed by atoms with Crippen molar-refractivity contribution in [2.24, 2.45) is 5.41 Å². The highest BCUT2D eigenvalue weighted by atomic mass is 35.5. The summed E-state index contributed by atoms with van der Waals surface area (Å²) in [5.74, 6) is 0. The molecule has 0 unspecified atom stereocenters. The number of hydrogen-bond acceptors (Lipinski definition) is 2. The summed E-state index contributed by atoms with van der Waals surface area (Å²) in [7, 11) is 0. The van der Waals surface area contributed by atoms with Crippen LogP contribution in [-0.4, -0.2) is 6.04 Å². The number of hydrogen-bond donors (Lipinski definition) is 2. The standard InChI is InChI=1S/C14H21ClN2/c1-14(2)7-5-11(6-8-14)17-13-4-3-10(15)9-12(13)16/h3-4,9,11,17H,5-8,16H2,1-2H3. The van der Waals surface area contributed by atoms with Gasteiger partial charge in [-0.05, 0) is 49.3 Å². The first-order valence-electron chi connectivity index (χ1n) is 6.28. The van der Waals surface area contributed by atoms with Gasteiger partial charge in [0.05, 0.1) is 11.4 Å². The van der Waals surface area contributed by atoms with Gasteiger partial charge in [-0.3, -0.25) is 0 Å². The molecule has 0 spiro atoms. The maximum absolute atomic E-state index is 5.94. The summed E-state index contributed by atoms with van der Waals surface area (Å²) in [6.07, 6.45) is 4.99. The molecule has 0 atom stereocenters. The summed E-state index contributed by atoms with van der Waals surface area (Å²) in [5, 5.41) is 4.22. The fraction of sp³-hybridized carbons (Fsp3) is 0.571. The zero-order valence-electron chi connectivity index (χ0n) is 10.6. The van der Waals surface area contributed by atoms with E-state index in [1.807, 2.05) is 12.1 Å². The minimum atomic E-state index is 0.504. The quantitative estimate of drug-likeness (QED) is 0.770. The van der Waals surface area contributed by atoms with Crippen LogP contribution in [0.2, 0.25) is 5.02 Å². The topological polar surface area (TPSA) is 38.0 Å². The molecule has 0 aromatic heterocycles. The van der Waals surface area contributed by atoms with Crippen molar-refractivity contribution in [3.05, 3.63) is 23.2 Å². The number of nitrogens with two attached hydrogens (primary N) is 1. The third-order valence-electron chi connectivity index (χ3n) is 3.71. The molecular weight excluding hydrogens is 232 g/mol. The molecule has 0 amide bonds. The number of nitrogens with one attached hydrogen (secondary N) is 1. The van der Waals surface area contributed by atoms with Crippen molar-refractivity contribution in [1.29, 1.82) is 0 Å². The van der Waals surface area contributed by atoms with Crippen molar-refractivity contribution in [3.8, 4) is 0 Å². The van der Waals surface area contributed by atoms with Crippen LogP contribution in [0.15, 0.2) is 18.2 Å². The lowest BCUT2D eigenvalue weighted by molar-refractivity contribution is 0.232. The van der Waals surface area contributed by atoms with Gasteiger partial charge in [0.2, 0.25) is 0 Å². The average molecular weight is 253 g/mol. The van der Waals surface area contributed by atoms with Crippen molar-refractivity contribution in [3.63, 3.8) is 0 Å². The highest BCUT2D eigenvalue weighted by Gasteiger charge is 2.26. The van der Waals surface area contributed by atoms with Gasteiger partial charge in [0, 0.05) is 11.1 Å². The Morgan fingerprint density at radius 2 is 1.94 bits per heavy atom. The number of benzene rings is 1. The van der Waals surface area contributed by atoms with Crippen LogP contribution in [0, 0.1) is 5.41 Å². The lowest BCUT2D eigenvalue weighted by Crippen LogP contribution is -2.30. The molecule has 1 aliphatic carbocycles. The molecule has 0 aliphatic heterocycles. The number of nitrogen functional groups attached to an aromatic ring is 1. The van der Waals surface area contributed by atoms with Crippen molar-refractivity contribution in [1.82, 2.24) is 0 Å². The molecule has 0 heterocycles. The summed E-state index contributed by atoms with van der Waals surface area (Å²) < 4.78 is 0. The minimum Gasteiger partial charge on any atom is -0.397 e. The summed E-state index contributed by atoms with van der Waals surface area (Å²) >= 11 is 5.89. The molecule has 1 saturated carbocycles. The van der Waals surface area contributed by atoms with Crippen molar-refractivity contribution in [2.75, 3.05) is 11.1 Å². The molecule has 2 nitrogen and oxygen atoms in total. The zero-order valence-corrected chi connectivity index (χ0v) is 11.3. The monoisotopic (exact) mass is 252 g/mol. The van der Waals surface area contributed by atoms with Crippen LogP contribution in [-0.2, 0) is 0 Å². The van der Waals surface area contributed by atoms with E-state index in [0.717, 1.165) is 11.4 Å². The van der Waals surface area contributed by atoms with E-state index in [2.05, 4.69) is 19.2 Å². The Kier molecular flexibility index (Phi) is 3.53. The van der Waals surface area contributed by atoms with Crippen LogP contribution in [0.5, 0.6) is 0 Å². The zero-order chi connectivity index (χ0) is 12.5. The lowest BCUT2D eigenvalue weighted by Gasteiger charge is -2.35. The average Bonchev–Trinajstić information content (AvgIpc) is 2.25. The molecular formula is C14H21ClN2. The van der Waals surface area contributed by atoms with Crippen LogP contribution < -0.4 is 11.1 Å². The van der Waals surface area contributed by atoms with E-state index < -0.39 is 0 Å². The summed E-state index contributed by atoms with van der Waals surface area (Å²) in [6, 6.07) is 6.20. The van der Waals surface area contributed by atoms with E-state index >= 15 is 0 Å². The molecule has 0 bridgehead atoms.